The summed E-state index contributed by atoms with van der Waals surface area (Å²) in [6.07, 6.45) is 0.705. The smallest absolute Gasteiger partial charge is 0.338 e. The van der Waals surface area contributed by atoms with Crippen LogP contribution in [0, 0.1) is 46.3 Å². The van der Waals surface area contributed by atoms with Gasteiger partial charge in [-0.25, -0.2) is 4.79 Å². The van der Waals surface area contributed by atoms with E-state index in [0.29, 0.717) is 35.3 Å². The van der Waals surface area contributed by atoms with Gasteiger partial charge in [0.2, 0.25) is 0 Å². The van der Waals surface area contributed by atoms with Crippen LogP contribution < -0.4 is 4.74 Å². The molecule has 15 heteroatoms. The summed E-state index contributed by atoms with van der Waals surface area (Å²) in [5, 5.41) is 44.0. The number of aliphatic hydroxyl groups excluding tert-OH is 4. The third kappa shape index (κ3) is 11.4. The molecule has 5 fully saturated rings. The van der Waals surface area contributed by atoms with Crippen molar-refractivity contribution in [3.05, 3.63) is 41.5 Å². The zero-order valence-corrected chi connectivity index (χ0v) is 41.3. The second-order valence-electron chi connectivity index (χ2n) is 21.3. The molecule has 6 aliphatic rings. The lowest BCUT2D eigenvalue weighted by molar-refractivity contribution is -0.340. The molecule has 0 amide bonds. The number of fused-ring (bicyclic) bond motifs is 5. The molecule has 2 aliphatic heterocycles. The SMILES string of the molecule is CCN(CCOC)C[C@H](C)CCC[C@@H](C)[C@H]1[C@@H](O[C@@H]2OC[C@H](O)[C@H](O[C@@H]3OC[C@@H](O)[C@H](O)[C@H]3OC(=O)c3ccc(OC)cc3)[C@H]2OC(C)=O)C[C@H]2[C@@H]3CC=C4C[C@@H](O)CC[C@]4(C)[C@H]3CC[C@]12C. The Morgan fingerprint density at radius 1 is 0.881 bits per heavy atom. The van der Waals surface area contributed by atoms with Gasteiger partial charge in [0.1, 0.15) is 30.2 Å². The zero-order valence-electron chi connectivity index (χ0n) is 41.3. The first-order valence-corrected chi connectivity index (χ1v) is 25.2. The van der Waals surface area contributed by atoms with Crippen molar-refractivity contribution in [1.29, 1.82) is 0 Å². The largest absolute Gasteiger partial charge is 0.497 e. The molecule has 18 atom stereocenters. The Morgan fingerprint density at radius 3 is 2.28 bits per heavy atom. The zero-order chi connectivity index (χ0) is 48.2. The Morgan fingerprint density at radius 2 is 1.60 bits per heavy atom. The van der Waals surface area contributed by atoms with Crippen LogP contribution in [0.5, 0.6) is 5.75 Å². The number of hydrogen-bond acceptors (Lipinski definition) is 15. The lowest BCUT2D eigenvalue weighted by Gasteiger charge is -2.58. The normalized spacial score (nSPS) is 39.3. The first-order valence-electron chi connectivity index (χ1n) is 25.2. The Labute approximate surface area is 398 Å². The number of carbonyl (C=O) groups is 2. The molecule has 0 aromatic heterocycles. The topological polar surface area (TPSA) is 192 Å². The molecule has 67 heavy (non-hydrogen) atoms. The van der Waals surface area contributed by atoms with Crippen molar-refractivity contribution >= 4 is 11.9 Å². The first-order chi connectivity index (χ1) is 32.0. The van der Waals surface area contributed by atoms with E-state index in [1.54, 1.807) is 19.2 Å². The van der Waals surface area contributed by atoms with Crippen LogP contribution in [0.1, 0.15) is 116 Å². The fourth-order valence-electron chi connectivity index (χ4n) is 13.5. The minimum Gasteiger partial charge on any atom is -0.497 e. The van der Waals surface area contributed by atoms with Crippen LogP contribution in [-0.2, 0) is 38.0 Å². The van der Waals surface area contributed by atoms with Crippen molar-refractivity contribution in [1.82, 2.24) is 4.90 Å². The fraction of sp³-hybridized carbons (Fsp3) is 0.808. The summed E-state index contributed by atoms with van der Waals surface area (Å²) in [4.78, 5) is 28.8. The number of carbonyl (C=O) groups excluding carboxylic acids is 2. The molecule has 0 bridgehead atoms. The van der Waals surface area contributed by atoms with E-state index in [1.807, 2.05) is 0 Å². The molecule has 7 rings (SSSR count). The molecular weight excluding hydrogens is 863 g/mol. The maximum Gasteiger partial charge on any atom is 0.338 e. The number of ether oxygens (including phenoxy) is 8. The predicted octanol–water partition coefficient (Wildman–Crippen LogP) is 5.68. The molecule has 1 aromatic rings. The van der Waals surface area contributed by atoms with E-state index in [0.717, 1.165) is 90.4 Å². The number of hydrogen-bond donors (Lipinski definition) is 4. The Kier molecular flexibility index (Phi) is 17.6. The van der Waals surface area contributed by atoms with E-state index in [-0.39, 0.29) is 47.7 Å². The van der Waals surface area contributed by atoms with Gasteiger partial charge in [0, 0.05) is 27.1 Å². The minimum atomic E-state index is -1.60. The number of rotatable bonds is 19. The maximum atomic E-state index is 13.4. The van der Waals surface area contributed by atoms with Gasteiger partial charge in [-0.3, -0.25) is 4.79 Å². The summed E-state index contributed by atoms with van der Waals surface area (Å²) in [6.45, 7) is 16.2. The molecule has 1 aromatic carbocycles. The fourth-order valence-corrected chi connectivity index (χ4v) is 13.5. The van der Waals surface area contributed by atoms with Gasteiger partial charge < -0.3 is 63.2 Å². The van der Waals surface area contributed by atoms with Crippen LogP contribution in [0.25, 0.3) is 0 Å². The quantitative estimate of drug-likeness (QED) is 0.0978. The summed E-state index contributed by atoms with van der Waals surface area (Å²) in [5.41, 5.74) is 1.61. The van der Waals surface area contributed by atoms with Gasteiger partial charge >= 0.3 is 11.9 Å². The van der Waals surface area contributed by atoms with E-state index >= 15 is 0 Å². The molecule has 15 nitrogen and oxygen atoms in total. The number of likely N-dealkylation sites (N-methyl/N-ethyl adjacent to an activating group) is 1. The molecular formula is C52H81NO14. The first kappa shape index (κ1) is 52.1. The van der Waals surface area contributed by atoms with Crippen LogP contribution in [-0.4, -0.2) is 152 Å². The third-order valence-corrected chi connectivity index (χ3v) is 17.1. The number of allylic oxidation sites excluding steroid dienone is 1. The molecule has 2 saturated heterocycles. The summed E-state index contributed by atoms with van der Waals surface area (Å²) in [7, 11) is 3.26. The van der Waals surface area contributed by atoms with Gasteiger partial charge in [-0.05, 0) is 129 Å². The molecule has 378 valence electrons. The number of benzene rings is 1. The number of methoxy groups -OCH3 is 2. The van der Waals surface area contributed by atoms with Crippen molar-refractivity contribution in [2.75, 3.05) is 53.7 Å². The van der Waals surface area contributed by atoms with Crippen LogP contribution in [0.2, 0.25) is 0 Å². The average molecular weight is 944 g/mol. The van der Waals surface area contributed by atoms with Crippen LogP contribution in [0.3, 0.4) is 0 Å². The van der Waals surface area contributed by atoms with E-state index in [4.69, 9.17) is 37.9 Å². The van der Waals surface area contributed by atoms with E-state index < -0.39 is 61.1 Å². The van der Waals surface area contributed by atoms with Gasteiger partial charge in [0.25, 0.3) is 0 Å². The second-order valence-corrected chi connectivity index (χ2v) is 21.3. The highest BCUT2D eigenvalue weighted by molar-refractivity contribution is 5.89. The highest BCUT2D eigenvalue weighted by Gasteiger charge is 2.63. The van der Waals surface area contributed by atoms with Crippen molar-refractivity contribution in [3.63, 3.8) is 0 Å². The highest BCUT2D eigenvalue weighted by atomic mass is 16.7. The summed E-state index contributed by atoms with van der Waals surface area (Å²) in [5.74, 6) is 1.40. The molecule has 3 saturated carbocycles. The lowest BCUT2D eigenvalue weighted by Crippen LogP contribution is -2.62. The van der Waals surface area contributed by atoms with Crippen LogP contribution in [0.15, 0.2) is 35.9 Å². The Balaban J connectivity index is 1.13. The second kappa shape index (κ2) is 22.6. The maximum absolute atomic E-state index is 13.4. The van der Waals surface area contributed by atoms with Gasteiger partial charge in [-0.15, -0.1) is 0 Å². The van der Waals surface area contributed by atoms with Gasteiger partial charge in [0.05, 0.1) is 44.7 Å². The third-order valence-electron chi connectivity index (χ3n) is 17.1. The molecule has 0 unspecified atom stereocenters. The average Bonchev–Trinajstić information content (AvgIpc) is 3.61. The molecule has 0 radical (unpaired) electrons. The van der Waals surface area contributed by atoms with Crippen LogP contribution >= 0.6 is 0 Å². The van der Waals surface area contributed by atoms with Gasteiger partial charge in [-0.1, -0.05) is 59.1 Å². The number of esters is 2. The van der Waals surface area contributed by atoms with E-state index in [9.17, 15) is 30.0 Å². The standard InChI is InChI=1S/C52H81NO14/c1-9-53(23-24-60-7)27-30(2)11-10-12-31(3)43-42(26-39-37-18-15-34-25-35(55)19-21-51(34,5)38(37)20-22-52(39,43)6)65-50-47(64-32(4)54)45(41(57)29-63-50)67-49-46(44(58)40(56)28-62-49)66-48(59)33-13-16-36(61-8)17-14-33/h13-17,30-31,35,37-47,49-50,55-58H,9-12,18-29H2,1-8H3/t30-,31-,35+,37-,38+,39+,40-,41+,42+,43+,44+,45+,46-,47-,49+,50+,51+,52+/m1/s1. The van der Waals surface area contributed by atoms with Crippen LogP contribution in [0.4, 0.5) is 0 Å². The van der Waals surface area contributed by atoms with Crippen molar-refractivity contribution in [2.45, 2.75) is 167 Å². The number of nitrogens with zero attached hydrogens (tertiary/aromatic N) is 1. The number of aliphatic hydroxyl groups is 4. The van der Waals surface area contributed by atoms with Gasteiger partial charge in [-0.2, -0.15) is 0 Å². The summed E-state index contributed by atoms with van der Waals surface area (Å²) >= 11 is 0. The molecule has 2 heterocycles. The molecule has 4 aliphatic carbocycles. The molecule has 0 spiro atoms. The van der Waals surface area contributed by atoms with Crippen molar-refractivity contribution in [2.24, 2.45) is 46.3 Å². The summed E-state index contributed by atoms with van der Waals surface area (Å²) in [6, 6.07) is 6.20. The van der Waals surface area contributed by atoms with Crippen molar-refractivity contribution in [3.8, 4) is 5.75 Å². The van der Waals surface area contributed by atoms with E-state index in [2.05, 4.69) is 45.6 Å². The van der Waals surface area contributed by atoms with E-state index in [1.165, 1.54) is 31.7 Å². The molecule has 4 N–H and O–H groups in total. The Bertz CT molecular complexity index is 1810. The monoisotopic (exact) mass is 944 g/mol. The Hall–Kier alpha value is -2.70. The summed E-state index contributed by atoms with van der Waals surface area (Å²) < 4.78 is 48.0. The van der Waals surface area contributed by atoms with Gasteiger partial charge in [0.15, 0.2) is 24.8 Å². The lowest BCUT2D eigenvalue weighted by atomic mass is 9.47. The predicted molar refractivity (Wildman–Crippen MR) is 248 cm³/mol. The minimum absolute atomic E-state index is 0.0409. The van der Waals surface area contributed by atoms with Crippen molar-refractivity contribution < 1.29 is 67.9 Å². The highest BCUT2D eigenvalue weighted by Crippen LogP contribution is 2.68.